The molecule has 1 atom stereocenters. The van der Waals surface area contributed by atoms with Crippen LogP contribution in [0.3, 0.4) is 0 Å². The molecule has 1 aliphatic rings. The number of thiophene rings is 1. The number of rotatable bonds is 5. The first-order valence-electron chi connectivity index (χ1n) is 8.80. The van der Waals surface area contributed by atoms with Gasteiger partial charge < -0.3 is 10.1 Å². The lowest BCUT2D eigenvalue weighted by Gasteiger charge is -2.21. The summed E-state index contributed by atoms with van der Waals surface area (Å²) in [4.78, 5) is 51.0. The van der Waals surface area contributed by atoms with Crippen molar-refractivity contribution < 1.29 is 23.9 Å². The minimum Gasteiger partial charge on any atom is -0.462 e. The van der Waals surface area contributed by atoms with Gasteiger partial charge in [0.15, 0.2) is 0 Å². The third-order valence-electron chi connectivity index (χ3n) is 4.55. The van der Waals surface area contributed by atoms with E-state index in [-0.39, 0.29) is 33.2 Å². The zero-order chi connectivity index (χ0) is 21.3. The highest BCUT2D eigenvalue weighted by molar-refractivity contribution is 7.18. The quantitative estimate of drug-likeness (QED) is 0.597. The molecule has 1 aromatic carbocycles. The molecule has 148 valence electrons. The number of carbonyl (C=O) groups excluding carboxylic acids is 4. The number of fused-ring (bicyclic) bond motifs is 1. The van der Waals surface area contributed by atoms with Crippen LogP contribution in [0.4, 0.5) is 5.00 Å². The van der Waals surface area contributed by atoms with Crippen molar-refractivity contribution in [3.05, 3.63) is 51.4 Å². The number of esters is 1. The molecule has 1 aromatic heterocycles. The molecular weight excluding hydrogens is 394 g/mol. The Kier molecular flexibility index (Phi) is 5.48. The van der Waals surface area contributed by atoms with E-state index >= 15 is 0 Å². The molecule has 1 aliphatic heterocycles. The van der Waals surface area contributed by atoms with Crippen molar-refractivity contribution in [3.8, 4) is 6.07 Å². The van der Waals surface area contributed by atoms with Crippen LogP contribution in [-0.2, 0) is 9.53 Å². The van der Waals surface area contributed by atoms with Crippen molar-refractivity contribution >= 4 is 40.0 Å². The van der Waals surface area contributed by atoms with Crippen molar-refractivity contribution in [3.63, 3.8) is 0 Å². The molecule has 8 nitrogen and oxygen atoms in total. The van der Waals surface area contributed by atoms with Crippen LogP contribution < -0.4 is 5.32 Å². The number of anilines is 1. The maximum atomic E-state index is 12.7. The molecule has 2 heterocycles. The molecule has 29 heavy (non-hydrogen) atoms. The lowest BCUT2D eigenvalue weighted by molar-refractivity contribution is -0.119. The highest BCUT2D eigenvalue weighted by Gasteiger charge is 2.40. The molecule has 9 heteroatoms. The molecule has 0 fully saturated rings. The van der Waals surface area contributed by atoms with Crippen LogP contribution in [0.5, 0.6) is 0 Å². The fourth-order valence-corrected chi connectivity index (χ4v) is 4.07. The van der Waals surface area contributed by atoms with Gasteiger partial charge >= 0.3 is 5.97 Å². The van der Waals surface area contributed by atoms with Crippen molar-refractivity contribution in [2.75, 3.05) is 11.9 Å². The minimum atomic E-state index is -1.11. The van der Waals surface area contributed by atoms with Crippen molar-refractivity contribution in [2.45, 2.75) is 26.8 Å². The van der Waals surface area contributed by atoms with Gasteiger partial charge in [-0.05, 0) is 38.5 Å². The average molecular weight is 411 g/mol. The molecule has 0 bridgehead atoms. The maximum absolute atomic E-state index is 12.7. The third-order valence-corrected chi connectivity index (χ3v) is 5.74. The SMILES string of the molecule is CCOC(=O)c1sc(NC(=O)C(C)N2C(=O)c3ccccc3C2=O)c(C#N)c1C. The van der Waals surface area contributed by atoms with E-state index in [0.29, 0.717) is 5.56 Å². The van der Waals surface area contributed by atoms with Gasteiger partial charge in [0.2, 0.25) is 5.91 Å². The average Bonchev–Trinajstić information content (AvgIpc) is 3.15. The van der Waals surface area contributed by atoms with Crippen LogP contribution in [0.25, 0.3) is 0 Å². The first-order chi connectivity index (χ1) is 13.8. The molecule has 0 saturated carbocycles. The second-order valence-electron chi connectivity index (χ2n) is 6.28. The topological polar surface area (TPSA) is 117 Å². The minimum absolute atomic E-state index is 0.140. The van der Waals surface area contributed by atoms with E-state index in [1.807, 2.05) is 6.07 Å². The maximum Gasteiger partial charge on any atom is 0.348 e. The van der Waals surface area contributed by atoms with Gasteiger partial charge in [-0.2, -0.15) is 5.26 Å². The Morgan fingerprint density at radius 1 is 1.24 bits per heavy atom. The molecule has 2 aromatic rings. The number of hydrogen-bond acceptors (Lipinski definition) is 7. The fourth-order valence-electron chi connectivity index (χ4n) is 3.02. The lowest BCUT2D eigenvalue weighted by Crippen LogP contribution is -2.45. The normalized spacial score (nSPS) is 13.7. The molecule has 0 aliphatic carbocycles. The zero-order valence-corrected chi connectivity index (χ0v) is 16.8. The molecule has 1 unspecified atom stereocenters. The van der Waals surface area contributed by atoms with Crippen LogP contribution in [-0.4, -0.2) is 41.2 Å². The highest BCUT2D eigenvalue weighted by atomic mass is 32.1. The number of benzene rings is 1. The standard InChI is InChI=1S/C20H17N3O5S/c1-4-28-20(27)15-10(2)14(9-21)17(29-15)22-16(24)11(3)23-18(25)12-7-5-6-8-13(12)19(23)26/h5-8,11H,4H2,1-3H3,(H,22,24). The van der Waals surface area contributed by atoms with Crippen LogP contribution >= 0.6 is 11.3 Å². The van der Waals surface area contributed by atoms with Gasteiger partial charge in [0.1, 0.15) is 22.0 Å². The van der Waals surface area contributed by atoms with Crippen molar-refractivity contribution in [1.82, 2.24) is 4.90 Å². The zero-order valence-electron chi connectivity index (χ0n) is 15.9. The number of amides is 3. The van der Waals surface area contributed by atoms with Crippen molar-refractivity contribution in [1.29, 1.82) is 5.26 Å². The van der Waals surface area contributed by atoms with Crippen LogP contribution in [0, 0.1) is 18.3 Å². The number of carbonyl (C=O) groups is 4. The van der Waals surface area contributed by atoms with Gasteiger partial charge in [-0.3, -0.25) is 19.3 Å². The molecule has 0 radical (unpaired) electrons. The predicted octanol–water partition coefficient (Wildman–Crippen LogP) is 2.73. The Labute approximate surface area is 170 Å². The third kappa shape index (κ3) is 3.39. The van der Waals surface area contributed by atoms with Crippen molar-refractivity contribution in [2.24, 2.45) is 0 Å². The Morgan fingerprint density at radius 2 is 1.83 bits per heavy atom. The van der Waals surface area contributed by atoms with E-state index in [1.165, 1.54) is 19.1 Å². The number of hydrogen-bond donors (Lipinski definition) is 1. The highest BCUT2D eigenvalue weighted by Crippen LogP contribution is 2.33. The molecular formula is C20H17N3O5S. The van der Waals surface area contributed by atoms with Gasteiger partial charge in [0.05, 0.1) is 23.3 Å². The van der Waals surface area contributed by atoms with E-state index in [2.05, 4.69) is 5.32 Å². The van der Waals surface area contributed by atoms with Crippen LogP contribution in [0.2, 0.25) is 0 Å². The second-order valence-corrected chi connectivity index (χ2v) is 7.30. The summed E-state index contributed by atoms with van der Waals surface area (Å²) in [5.41, 5.74) is 1.03. The number of nitrogens with zero attached hydrogens (tertiary/aromatic N) is 2. The Bertz CT molecular complexity index is 1050. The van der Waals surface area contributed by atoms with Gasteiger partial charge in [0, 0.05) is 0 Å². The largest absolute Gasteiger partial charge is 0.462 e. The summed E-state index contributed by atoms with van der Waals surface area (Å²) >= 11 is 0.919. The van der Waals surface area contributed by atoms with E-state index < -0.39 is 29.7 Å². The number of imide groups is 1. The number of ether oxygens (including phenoxy) is 1. The van der Waals surface area contributed by atoms with E-state index in [9.17, 15) is 24.4 Å². The second kappa shape index (κ2) is 7.85. The van der Waals surface area contributed by atoms with Crippen LogP contribution in [0.1, 0.15) is 55.4 Å². The van der Waals surface area contributed by atoms with Crippen LogP contribution in [0.15, 0.2) is 24.3 Å². The summed E-state index contributed by atoms with van der Waals surface area (Å²) in [5, 5.41) is 12.2. The summed E-state index contributed by atoms with van der Waals surface area (Å²) in [5.74, 6) is -2.33. The predicted molar refractivity (Wildman–Crippen MR) is 105 cm³/mol. The molecule has 0 spiro atoms. The Hall–Kier alpha value is -3.51. The van der Waals surface area contributed by atoms with Gasteiger partial charge in [-0.15, -0.1) is 11.3 Å². The Morgan fingerprint density at radius 3 is 2.34 bits per heavy atom. The van der Waals surface area contributed by atoms with E-state index in [0.717, 1.165) is 16.2 Å². The fraction of sp³-hybridized carbons (Fsp3) is 0.250. The van der Waals surface area contributed by atoms with Gasteiger partial charge in [-0.25, -0.2) is 4.79 Å². The molecule has 1 N–H and O–H groups in total. The van der Waals surface area contributed by atoms with Gasteiger partial charge in [0.25, 0.3) is 11.8 Å². The summed E-state index contributed by atoms with van der Waals surface area (Å²) < 4.78 is 4.97. The summed E-state index contributed by atoms with van der Waals surface area (Å²) in [6.45, 7) is 4.86. The van der Waals surface area contributed by atoms with E-state index in [1.54, 1.807) is 26.0 Å². The monoisotopic (exact) mass is 411 g/mol. The Balaban J connectivity index is 1.85. The smallest absolute Gasteiger partial charge is 0.348 e. The first-order valence-corrected chi connectivity index (χ1v) is 9.61. The molecule has 0 saturated heterocycles. The lowest BCUT2D eigenvalue weighted by atomic mass is 10.1. The summed E-state index contributed by atoms with van der Waals surface area (Å²) in [6.07, 6.45) is 0. The molecule has 3 rings (SSSR count). The number of nitrogens with one attached hydrogen (secondary N) is 1. The van der Waals surface area contributed by atoms with E-state index in [4.69, 9.17) is 4.74 Å². The summed E-state index contributed by atoms with van der Waals surface area (Å²) in [7, 11) is 0. The summed E-state index contributed by atoms with van der Waals surface area (Å²) in [6, 6.07) is 7.20. The first kappa shape index (κ1) is 20.2. The van der Waals surface area contributed by atoms with Gasteiger partial charge in [-0.1, -0.05) is 12.1 Å². The molecule has 3 amide bonds. The number of nitriles is 1.